The molecule has 0 spiro atoms. The molecule has 7 rings (SSSR count). The van der Waals surface area contributed by atoms with Gasteiger partial charge in [0.15, 0.2) is 0 Å². The van der Waals surface area contributed by atoms with E-state index in [2.05, 4.69) is 0 Å². The van der Waals surface area contributed by atoms with Crippen LogP contribution in [0.2, 0.25) is 0 Å². The van der Waals surface area contributed by atoms with Gasteiger partial charge in [0, 0.05) is 0 Å². The van der Waals surface area contributed by atoms with Crippen LogP contribution in [0.4, 0.5) is 0 Å². The Morgan fingerprint density at radius 1 is 0.518 bits per heavy atom. The maximum absolute atomic E-state index is 16.2. The Kier molecular flexibility index (Phi) is 10.6. The molecule has 0 saturated heterocycles. The molecular formula is C50H50N2O4. The molecule has 0 aliphatic heterocycles. The highest BCUT2D eigenvalue weighted by Gasteiger charge is 2.60. The van der Waals surface area contributed by atoms with Crippen LogP contribution < -0.4 is 5.73 Å². The molecule has 4 N–H and O–H groups in total. The summed E-state index contributed by atoms with van der Waals surface area (Å²) >= 11 is 0. The normalized spacial score (nSPS) is 15.0. The number of amides is 2. The molecule has 0 heterocycles. The van der Waals surface area contributed by atoms with Gasteiger partial charge in [-0.25, -0.2) is 0 Å². The number of aryl methyl sites for hydroxylation is 4. The van der Waals surface area contributed by atoms with Crippen molar-refractivity contribution >= 4 is 11.8 Å². The van der Waals surface area contributed by atoms with Crippen molar-refractivity contribution in [2.45, 2.75) is 70.2 Å². The van der Waals surface area contributed by atoms with Crippen LogP contribution >= 0.6 is 0 Å². The van der Waals surface area contributed by atoms with E-state index >= 15 is 4.79 Å². The molecule has 0 aromatic heterocycles. The maximum atomic E-state index is 16.2. The molecule has 1 aliphatic rings. The molecule has 6 aromatic carbocycles. The van der Waals surface area contributed by atoms with Gasteiger partial charge < -0.3 is 20.8 Å². The number of nitrogens with zero attached hydrogens (tertiary/aromatic N) is 1. The lowest BCUT2D eigenvalue weighted by molar-refractivity contribution is -0.173. The Bertz CT molecular complexity index is 2050. The third-order valence-corrected chi connectivity index (χ3v) is 11.9. The summed E-state index contributed by atoms with van der Waals surface area (Å²) in [4.78, 5) is 31.5. The summed E-state index contributed by atoms with van der Waals surface area (Å²) in [6.45, 7) is 7.95. The molecule has 0 bridgehead atoms. The van der Waals surface area contributed by atoms with Gasteiger partial charge in [0.1, 0.15) is 16.6 Å². The number of nitrogens with two attached hydrogens (primary N) is 1. The zero-order valence-corrected chi connectivity index (χ0v) is 32.5. The van der Waals surface area contributed by atoms with Crippen molar-refractivity contribution in [3.8, 4) is 0 Å². The molecule has 2 unspecified atom stereocenters. The summed E-state index contributed by atoms with van der Waals surface area (Å²) < 4.78 is 0. The van der Waals surface area contributed by atoms with Crippen molar-refractivity contribution in [3.63, 3.8) is 0 Å². The lowest BCUT2D eigenvalue weighted by Gasteiger charge is -2.54. The number of carbonyl (C=O) groups excluding carboxylic acids is 2. The van der Waals surface area contributed by atoms with Gasteiger partial charge in [-0.05, 0) is 73.9 Å². The molecule has 1 saturated carbocycles. The fraction of sp³-hybridized carbons (Fsp3) is 0.240. The third-order valence-electron chi connectivity index (χ3n) is 11.9. The SMILES string of the molecule is Cc1ccc(C(O)(c2ccc(C)cc2)C(c2ccccc2)N(C(=O)C2(C(N)=O)CCC2)C(c2ccccc2)C(O)(c2ccc(C)cc2)c2ccc(C)cc2)cc1. The number of rotatable bonds is 12. The van der Waals surface area contributed by atoms with E-state index in [1.807, 2.05) is 185 Å². The van der Waals surface area contributed by atoms with E-state index in [1.165, 1.54) is 0 Å². The number of hydrogen-bond donors (Lipinski definition) is 3. The zero-order chi connectivity index (χ0) is 39.7. The predicted octanol–water partition coefficient (Wildman–Crippen LogP) is 9.06. The standard InChI is InChI=1S/C50H50N2O4/c1-34-16-24-40(25-17-34)49(55,41-26-18-35(2)19-27-41)44(38-12-7-5-8-13-38)52(47(54)48(46(51)53)32-11-33-48)45(39-14-9-6-10-15-39)50(56,42-28-20-36(3)21-29-42)43-30-22-37(4)23-31-43/h5-10,12-31,44-45,55-56H,11,32-33H2,1-4H3,(H2,51,53). The fourth-order valence-electron chi connectivity index (χ4n) is 8.40. The molecular weight excluding hydrogens is 693 g/mol. The minimum atomic E-state index is -1.92. The highest BCUT2D eigenvalue weighted by molar-refractivity contribution is 6.05. The Labute approximate surface area is 330 Å². The minimum absolute atomic E-state index is 0.252. The van der Waals surface area contributed by atoms with Crippen molar-refractivity contribution in [2.75, 3.05) is 0 Å². The van der Waals surface area contributed by atoms with E-state index < -0.39 is 40.5 Å². The van der Waals surface area contributed by atoms with Gasteiger partial charge in [-0.1, -0.05) is 186 Å². The van der Waals surface area contributed by atoms with Crippen LogP contribution in [0.3, 0.4) is 0 Å². The molecule has 56 heavy (non-hydrogen) atoms. The molecule has 6 nitrogen and oxygen atoms in total. The molecule has 284 valence electrons. The first kappa shape index (κ1) is 38.5. The van der Waals surface area contributed by atoms with Crippen molar-refractivity contribution in [1.82, 2.24) is 4.90 Å². The fourth-order valence-corrected chi connectivity index (χ4v) is 8.40. The van der Waals surface area contributed by atoms with Crippen molar-refractivity contribution in [2.24, 2.45) is 11.1 Å². The monoisotopic (exact) mass is 742 g/mol. The molecule has 2 amide bonds. The third kappa shape index (κ3) is 6.74. The minimum Gasteiger partial charge on any atom is -0.378 e. The lowest BCUT2D eigenvalue weighted by atomic mass is 9.64. The van der Waals surface area contributed by atoms with Gasteiger partial charge in [-0.2, -0.15) is 0 Å². The van der Waals surface area contributed by atoms with Gasteiger partial charge in [0.2, 0.25) is 11.8 Å². The van der Waals surface area contributed by atoms with Crippen LogP contribution in [0.25, 0.3) is 0 Å². The van der Waals surface area contributed by atoms with Crippen molar-refractivity contribution in [1.29, 1.82) is 0 Å². The first-order valence-electron chi connectivity index (χ1n) is 19.4. The van der Waals surface area contributed by atoms with E-state index in [0.29, 0.717) is 39.8 Å². The average Bonchev–Trinajstić information content (AvgIpc) is 3.18. The van der Waals surface area contributed by atoms with E-state index in [1.54, 1.807) is 4.90 Å². The van der Waals surface area contributed by atoms with Gasteiger partial charge >= 0.3 is 0 Å². The number of aliphatic hydroxyl groups is 2. The summed E-state index contributed by atoms with van der Waals surface area (Å²) in [5, 5.41) is 28.1. The number of benzene rings is 6. The van der Waals surface area contributed by atoms with Crippen LogP contribution in [-0.2, 0) is 20.8 Å². The first-order chi connectivity index (χ1) is 26.9. The van der Waals surface area contributed by atoms with Crippen LogP contribution in [0.5, 0.6) is 0 Å². The highest BCUT2D eigenvalue weighted by Crippen LogP contribution is 2.56. The second-order valence-electron chi connectivity index (χ2n) is 15.6. The second kappa shape index (κ2) is 15.4. The molecule has 1 aliphatic carbocycles. The highest BCUT2D eigenvalue weighted by atomic mass is 16.3. The largest absolute Gasteiger partial charge is 0.378 e. The number of hydrogen-bond acceptors (Lipinski definition) is 4. The molecule has 6 aromatic rings. The smallest absolute Gasteiger partial charge is 0.239 e. The number of carbonyl (C=O) groups is 2. The van der Waals surface area contributed by atoms with E-state index in [9.17, 15) is 15.0 Å². The lowest BCUT2D eigenvalue weighted by Crippen LogP contribution is -2.61. The molecule has 2 atom stereocenters. The molecule has 0 radical (unpaired) electrons. The van der Waals surface area contributed by atoms with Crippen molar-refractivity contribution in [3.05, 3.63) is 213 Å². The summed E-state index contributed by atoms with van der Waals surface area (Å²) in [5.74, 6) is -1.27. The molecule has 1 fully saturated rings. The van der Waals surface area contributed by atoms with Gasteiger partial charge in [-0.3, -0.25) is 9.59 Å². The summed E-state index contributed by atoms with van der Waals surface area (Å²) in [6.07, 6.45) is 1.14. The van der Waals surface area contributed by atoms with Crippen LogP contribution in [0, 0.1) is 33.1 Å². The Balaban J connectivity index is 1.66. The van der Waals surface area contributed by atoms with Crippen molar-refractivity contribution < 1.29 is 19.8 Å². The van der Waals surface area contributed by atoms with E-state index in [0.717, 1.165) is 22.3 Å². The summed E-state index contributed by atoms with van der Waals surface area (Å²) in [7, 11) is 0. The number of primary amides is 1. The topological polar surface area (TPSA) is 104 Å². The van der Waals surface area contributed by atoms with Crippen LogP contribution in [0.1, 0.15) is 87.0 Å². The summed E-state index contributed by atoms with van der Waals surface area (Å²) in [5.41, 5.74) is 8.26. The van der Waals surface area contributed by atoms with Gasteiger partial charge in [0.25, 0.3) is 0 Å². The first-order valence-corrected chi connectivity index (χ1v) is 19.4. The predicted molar refractivity (Wildman–Crippen MR) is 221 cm³/mol. The van der Waals surface area contributed by atoms with E-state index in [4.69, 9.17) is 5.73 Å². The zero-order valence-electron chi connectivity index (χ0n) is 32.5. The Morgan fingerprint density at radius 3 is 1.04 bits per heavy atom. The second-order valence-corrected chi connectivity index (χ2v) is 15.6. The van der Waals surface area contributed by atoms with E-state index in [-0.39, 0.29) is 12.8 Å². The Morgan fingerprint density at radius 2 is 0.804 bits per heavy atom. The summed E-state index contributed by atoms with van der Waals surface area (Å²) in [6, 6.07) is 47.2. The van der Waals surface area contributed by atoms with Gasteiger partial charge in [-0.15, -0.1) is 0 Å². The molecule has 6 heteroatoms. The van der Waals surface area contributed by atoms with Crippen LogP contribution in [0.15, 0.2) is 158 Å². The van der Waals surface area contributed by atoms with Crippen LogP contribution in [-0.4, -0.2) is 26.9 Å². The quantitative estimate of drug-likeness (QED) is 0.109. The van der Waals surface area contributed by atoms with Gasteiger partial charge in [0.05, 0.1) is 12.1 Å². The Hall–Kier alpha value is -5.82. The maximum Gasteiger partial charge on any atom is 0.239 e. The average molecular weight is 743 g/mol.